The minimum atomic E-state index is -0.0611. The third kappa shape index (κ3) is 2.88. The maximum absolute atomic E-state index is 13.2. The molecule has 2 heterocycles. The van der Waals surface area contributed by atoms with Crippen LogP contribution in [-0.2, 0) is 13.0 Å². The van der Waals surface area contributed by atoms with E-state index in [1.54, 1.807) is 10.9 Å². The Labute approximate surface area is 147 Å². The van der Waals surface area contributed by atoms with Gasteiger partial charge in [0.25, 0.3) is 5.56 Å². The van der Waals surface area contributed by atoms with E-state index in [4.69, 9.17) is 4.98 Å². The Morgan fingerprint density at radius 2 is 1.88 bits per heavy atom. The zero-order valence-electron chi connectivity index (χ0n) is 14.9. The first kappa shape index (κ1) is 16.1. The van der Waals surface area contributed by atoms with E-state index < -0.39 is 0 Å². The van der Waals surface area contributed by atoms with Crippen LogP contribution in [0.3, 0.4) is 0 Å². The Morgan fingerprint density at radius 1 is 1.16 bits per heavy atom. The highest BCUT2D eigenvalue weighted by Crippen LogP contribution is 2.28. The third-order valence-electron chi connectivity index (χ3n) is 5.29. The summed E-state index contributed by atoms with van der Waals surface area (Å²) in [6.07, 6.45) is 7.61. The molecule has 2 aromatic heterocycles. The fourth-order valence-corrected chi connectivity index (χ4v) is 3.84. The van der Waals surface area contributed by atoms with Crippen LogP contribution in [0.5, 0.6) is 0 Å². The van der Waals surface area contributed by atoms with Crippen molar-refractivity contribution in [2.45, 2.75) is 52.5 Å². The van der Waals surface area contributed by atoms with E-state index in [1.165, 1.54) is 31.2 Å². The molecule has 0 radical (unpaired) electrons. The fourth-order valence-electron chi connectivity index (χ4n) is 3.84. The Hall–Kier alpha value is -2.43. The lowest BCUT2D eigenvalue weighted by atomic mass is 10.0. The second-order valence-electron chi connectivity index (χ2n) is 7.06. The van der Waals surface area contributed by atoms with Gasteiger partial charge in [-0.25, -0.2) is 9.97 Å². The Kier molecular flexibility index (Phi) is 4.15. The Balaban J connectivity index is 1.92. The van der Waals surface area contributed by atoms with Gasteiger partial charge < -0.3 is 4.57 Å². The van der Waals surface area contributed by atoms with E-state index in [0.29, 0.717) is 17.1 Å². The van der Waals surface area contributed by atoms with Crippen LogP contribution in [0.15, 0.2) is 35.4 Å². The molecule has 0 amide bonds. The molecule has 5 nitrogen and oxygen atoms in total. The van der Waals surface area contributed by atoms with E-state index in [9.17, 15) is 4.79 Å². The Morgan fingerprint density at radius 3 is 2.56 bits per heavy atom. The molecule has 3 aromatic rings. The average Bonchev–Trinajstić information content (AvgIpc) is 3.26. The highest BCUT2D eigenvalue weighted by Gasteiger charge is 2.21. The zero-order chi connectivity index (χ0) is 17.4. The highest BCUT2D eigenvalue weighted by atomic mass is 16.1. The summed E-state index contributed by atoms with van der Waals surface area (Å²) >= 11 is 0. The maximum Gasteiger partial charge on any atom is 0.286 e. The molecule has 130 valence electrons. The second kappa shape index (κ2) is 6.47. The van der Waals surface area contributed by atoms with Crippen molar-refractivity contribution in [2.75, 3.05) is 0 Å². The smallest absolute Gasteiger partial charge is 0.286 e. The molecule has 1 aliphatic carbocycles. The molecule has 0 aliphatic heterocycles. The standard InChI is InChI=1S/C20H24N4O/c1-3-23-13-21-18-19(23)22-17(12-15-6-4-5-7-15)24(20(18)25)16-10-8-14(2)9-11-16/h8-11,13,15H,3-7,12H2,1-2H3. The van der Waals surface area contributed by atoms with E-state index in [0.717, 1.165) is 24.5 Å². The lowest BCUT2D eigenvalue weighted by Crippen LogP contribution is -2.25. The summed E-state index contributed by atoms with van der Waals surface area (Å²) < 4.78 is 3.72. The molecule has 0 saturated heterocycles. The number of aryl methyl sites for hydroxylation is 2. The van der Waals surface area contributed by atoms with Crippen LogP contribution in [0.4, 0.5) is 0 Å². The predicted molar refractivity (Wildman–Crippen MR) is 99.2 cm³/mol. The summed E-state index contributed by atoms with van der Waals surface area (Å²) in [6, 6.07) is 8.07. The van der Waals surface area contributed by atoms with Gasteiger partial charge in [-0.3, -0.25) is 9.36 Å². The summed E-state index contributed by atoms with van der Waals surface area (Å²) in [7, 11) is 0. The van der Waals surface area contributed by atoms with Crippen LogP contribution in [0.1, 0.15) is 44.0 Å². The predicted octanol–water partition coefficient (Wildman–Crippen LogP) is 3.64. The topological polar surface area (TPSA) is 52.7 Å². The average molecular weight is 336 g/mol. The van der Waals surface area contributed by atoms with Crippen LogP contribution >= 0.6 is 0 Å². The van der Waals surface area contributed by atoms with Crippen molar-refractivity contribution in [1.29, 1.82) is 0 Å². The van der Waals surface area contributed by atoms with E-state index in [-0.39, 0.29) is 5.56 Å². The molecule has 0 atom stereocenters. The number of hydrogen-bond acceptors (Lipinski definition) is 3. The summed E-state index contributed by atoms with van der Waals surface area (Å²) in [5.74, 6) is 1.49. The van der Waals surface area contributed by atoms with Crippen molar-refractivity contribution in [3.8, 4) is 5.69 Å². The molecule has 0 spiro atoms. The lowest BCUT2D eigenvalue weighted by Gasteiger charge is -2.16. The van der Waals surface area contributed by atoms with Crippen LogP contribution in [0, 0.1) is 12.8 Å². The van der Waals surface area contributed by atoms with E-state index >= 15 is 0 Å². The van der Waals surface area contributed by atoms with Crippen molar-refractivity contribution in [1.82, 2.24) is 19.1 Å². The van der Waals surface area contributed by atoms with Gasteiger partial charge in [0.15, 0.2) is 11.2 Å². The SMILES string of the molecule is CCn1cnc2c(=O)n(-c3ccc(C)cc3)c(CC3CCCC3)nc21. The summed E-state index contributed by atoms with van der Waals surface area (Å²) in [4.78, 5) is 22.4. The number of rotatable bonds is 4. The maximum atomic E-state index is 13.2. The van der Waals surface area contributed by atoms with Gasteiger partial charge >= 0.3 is 0 Å². The quantitative estimate of drug-likeness (QED) is 0.731. The second-order valence-corrected chi connectivity index (χ2v) is 7.06. The largest absolute Gasteiger partial charge is 0.315 e. The Bertz CT molecular complexity index is 946. The van der Waals surface area contributed by atoms with Gasteiger partial charge in [0.2, 0.25) is 0 Å². The molecule has 1 fully saturated rings. The van der Waals surface area contributed by atoms with Gasteiger partial charge in [-0.15, -0.1) is 0 Å². The van der Waals surface area contributed by atoms with Crippen LogP contribution < -0.4 is 5.56 Å². The highest BCUT2D eigenvalue weighted by molar-refractivity contribution is 5.70. The molecule has 0 unspecified atom stereocenters. The van der Waals surface area contributed by atoms with Crippen LogP contribution in [0.2, 0.25) is 0 Å². The first-order valence-electron chi connectivity index (χ1n) is 9.21. The summed E-state index contributed by atoms with van der Waals surface area (Å²) in [6.45, 7) is 4.86. The zero-order valence-corrected chi connectivity index (χ0v) is 14.9. The van der Waals surface area contributed by atoms with Crippen molar-refractivity contribution in [2.24, 2.45) is 5.92 Å². The van der Waals surface area contributed by atoms with Gasteiger partial charge in [0.05, 0.1) is 12.0 Å². The first-order valence-corrected chi connectivity index (χ1v) is 9.21. The number of hydrogen-bond donors (Lipinski definition) is 0. The van der Waals surface area contributed by atoms with Crippen molar-refractivity contribution < 1.29 is 0 Å². The van der Waals surface area contributed by atoms with Gasteiger partial charge in [-0.05, 0) is 31.9 Å². The molecule has 0 N–H and O–H groups in total. The summed E-state index contributed by atoms with van der Waals surface area (Å²) in [5, 5.41) is 0. The fraction of sp³-hybridized carbons (Fsp3) is 0.450. The molecular formula is C20H24N4O. The van der Waals surface area contributed by atoms with Crippen LogP contribution in [0.25, 0.3) is 16.9 Å². The van der Waals surface area contributed by atoms with Crippen molar-refractivity contribution in [3.05, 3.63) is 52.3 Å². The van der Waals surface area contributed by atoms with Crippen molar-refractivity contribution in [3.63, 3.8) is 0 Å². The number of fused-ring (bicyclic) bond motifs is 1. The molecule has 1 aliphatic rings. The number of nitrogens with zero attached hydrogens (tertiary/aromatic N) is 4. The van der Waals surface area contributed by atoms with Gasteiger partial charge in [-0.2, -0.15) is 0 Å². The number of aromatic nitrogens is 4. The first-order chi connectivity index (χ1) is 12.2. The number of imidazole rings is 1. The minimum Gasteiger partial charge on any atom is -0.315 e. The molecule has 0 bridgehead atoms. The molecule has 25 heavy (non-hydrogen) atoms. The van der Waals surface area contributed by atoms with Crippen LogP contribution in [-0.4, -0.2) is 19.1 Å². The number of benzene rings is 1. The lowest BCUT2D eigenvalue weighted by molar-refractivity contribution is 0.521. The third-order valence-corrected chi connectivity index (χ3v) is 5.29. The summed E-state index contributed by atoms with van der Waals surface area (Å²) in [5.41, 5.74) is 3.16. The van der Waals surface area contributed by atoms with Gasteiger partial charge in [-0.1, -0.05) is 43.4 Å². The van der Waals surface area contributed by atoms with Gasteiger partial charge in [0, 0.05) is 13.0 Å². The monoisotopic (exact) mass is 336 g/mol. The molecular weight excluding hydrogens is 312 g/mol. The van der Waals surface area contributed by atoms with Crippen molar-refractivity contribution >= 4 is 11.2 Å². The van der Waals surface area contributed by atoms with E-state index in [1.807, 2.05) is 35.8 Å². The molecule has 4 rings (SSSR count). The minimum absolute atomic E-state index is 0.0611. The van der Waals surface area contributed by atoms with E-state index in [2.05, 4.69) is 11.9 Å². The van der Waals surface area contributed by atoms with Gasteiger partial charge in [0.1, 0.15) is 5.82 Å². The molecule has 1 saturated carbocycles. The normalized spacial score (nSPS) is 15.3. The molecule has 5 heteroatoms. The molecule has 1 aromatic carbocycles.